The van der Waals surface area contributed by atoms with E-state index < -0.39 is 17.3 Å². The summed E-state index contributed by atoms with van der Waals surface area (Å²) in [4.78, 5) is 15.3. The Morgan fingerprint density at radius 3 is 2.24 bits per heavy atom. The molecule has 2 N–H and O–H groups in total. The van der Waals surface area contributed by atoms with Crippen LogP contribution in [0.15, 0.2) is 77.9 Å². The Kier molecular flexibility index (Phi) is 6.28. The molecule has 6 heteroatoms. The van der Waals surface area contributed by atoms with Crippen molar-refractivity contribution in [1.82, 2.24) is 5.43 Å². The number of rotatable bonds is 5. The molecule has 34 heavy (non-hydrogen) atoms. The van der Waals surface area contributed by atoms with Gasteiger partial charge >= 0.3 is 0 Å². The molecule has 1 unspecified atom stereocenters. The zero-order valence-electron chi connectivity index (χ0n) is 19.9. The van der Waals surface area contributed by atoms with Gasteiger partial charge in [-0.1, -0.05) is 67.6 Å². The average Bonchev–Trinajstić information content (AvgIpc) is 2.83. The fraction of sp³-hybridized carbons (Fsp3) is 0.286. The Labute approximate surface area is 199 Å². The molecule has 176 valence electrons. The molecule has 0 fully saturated rings. The van der Waals surface area contributed by atoms with Crippen molar-refractivity contribution < 1.29 is 14.3 Å². The van der Waals surface area contributed by atoms with Crippen LogP contribution in [0, 0.1) is 5.82 Å². The lowest BCUT2D eigenvalue weighted by molar-refractivity contribution is -0.136. The summed E-state index contributed by atoms with van der Waals surface area (Å²) < 4.78 is 14.9. The first-order chi connectivity index (χ1) is 16.1. The second-order valence-electron chi connectivity index (χ2n) is 9.55. The topological polar surface area (TPSA) is 64.9 Å². The lowest BCUT2D eigenvalue weighted by Gasteiger charge is -2.45. The van der Waals surface area contributed by atoms with Crippen LogP contribution in [-0.2, 0) is 10.4 Å². The van der Waals surface area contributed by atoms with Crippen LogP contribution in [0.25, 0.3) is 0 Å². The van der Waals surface area contributed by atoms with Crippen LogP contribution < -0.4 is 10.3 Å². The zero-order valence-corrected chi connectivity index (χ0v) is 19.9. The number of amides is 1. The van der Waals surface area contributed by atoms with Crippen LogP contribution in [0.2, 0.25) is 0 Å². The van der Waals surface area contributed by atoms with Crippen LogP contribution in [-0.4, -0.2) is 29.8 Å². The Hall–Kier alpha value is -3.51. The van der Waals surface area contributed by atoms with Gasteiger partial charge in [-0.15, -0.1) is 0 Å². The molecule has 1 heterocycles. The molecule has 0 aliphatic carbocycles. The van der Waals surface area contributed by atoms with Gasteiger partial charge in [0.25, 0.3) is 5.91 Å². The Morgan fingerprint density at radius 1 is 1.12 bits per heavy atom. The summed E-state index contributed by atoms with van der Waals surface area (Å²) in [7, 11) is 1.98. The van der Waals surface area contributed by atoms with Crippen LogP contribution >= 0.6 is 0 Å². The lowest BCUT2D eigenvalue weighted by atomic mass is 9.80. The van der Waals surface area contributed by atoms with E-state index in [0.717, 1.165) is 17.7 Å². The van der Waals surface area contributed by atoms with E-state index in [9.17, 15) is 14.3 Å². The minimum absolute atomic E-state index is 0.0677. The van der Waals surface area contributed by atoms with E-state index >= 15 is 0 Å². The number of aliphatic hydroxyl groups is 1. The molecule has 0 saturated carbocycles. The SMILES string of the molecule is CC1CC(C)(C)N(C)c2cc(F)c(/C=N\NC(=O)C(O)(c3ccccc3)c3ccccc3)cc21. The first-order valence-corrected chi connectivity index (χ1v) is 11.4. The lowest BCUT2D eigenvalue weighted by Crippen LogP contribution is -2.45. The minimum Gasteiger partial charge on any atom is -0.372 e. The highest BCUT2D eigenvalue weighted by atomic mass is 19.1. The summed E-state index contributed by atoms with van der Waals surface area (Å²) in [6.45, 7) is 6.43. The first kappa shape index (κ1) is 23.6. The van der Waals surface area contributed by atoms with Crippen LogP contribution in [0.5, 0.6) is 0 Å². The van der Waals surface area contributed by atoms with Gasteiger partial charge < -0.3 is 10.0 Å². The maximum Gasteiger partial charge on any atom is 0.281 e. The average molecular weight is 460 g/mol. The number of halogens is 1. The van der Waals surface area contributed by atoms with Crippen molar-refractivity contribution in [2.75, 3.05) is 11.9 Å². The third-order valence-electron chi connectivity index (χ3n) is 6.83. The summed E-state index contributed by atoms with van der Waals surface area (Å²) in [6.07, 6.45) is 2.23. The number of benzene rings is 3. The molecule has 0 bridgehead atoms. The van der Waals surface area contributed by atoms with E-state index in [-0.39, 0.29) is 17.0 Å². The minimum atomic E-state index is -1.95. The predicted molar refractivity (Wildman–Crippen MR) is 134 cm³/mol. The second kappa shape index (κ2) is 9.03. The van der Waals surface area contributed by atoms with Gasteiger partial charge in [-0.2, -0.15) is 5.10 Å². The standard InChI is InChI=1S/C28H30FN3O2/c1-19-17-27(2,3)32(4)25-16-24(29)20(15-23(19)25)18-30-31-26(33)28(34,21-11-7-5-8-12-21)22-13-9-6-10-14-22/h5-16,18-19,34H,17H2,1-4H3,(H,31,33)/b30-18-. The fourth-order valence-electron chi connectivity index (χ4n) is 4.73. The van der Waals surface area contributed by atoms with E-state index in [0.29, 0.717) is 11.1 Å². The highest BCUT2D eigenvalue weighted by Gasteiger charge is 2.40. The van der Waals surface area contributed by atoms with Gasteiger partial charge in [0.15, 0.2) is 5.60 Å². The van der Waals surface area contributed by atoms with Crippen molar-refractivity contribution in [2.45, 2.75) is 44.2 Å². The number of carbonyl (C=O) groups excluding carboxylic acids is 1. The highest BCUT2D eigenvalue weighted by molar-refractivity contribution is 5.91. The molecule has 5 nitrogen and oxygen atoms in total. The van der Waals surface area contributed by atoms with Crippen molar-refractivity contribution in [3.63, 3.8) is 0 Å². The Bertz CT molecular complexity index is 1170. The molecule has 1 aliphatic heterocycles. The molecule has 0 radical (unpaired) electrons. The first-order valence-electron chi connectivity index (χ1n) is 11.4. The van der Waals surface area contributed by atoms with Gasteiger partial charge in [0.2, 0.25) is 0 Å². The van der Waals surface area contributed by atoms with E-state index in [1.165, 1.54) is 12.3 Å². The summed E-state index contributed by atoms with van der Waals surface area (Å²) >= 11 is 0. The van der Waals surface area contributed by atoms with Crippen molar-refractivity contribution in [3.05, 3.63) is 101 Å². The summed E-state index contributed by atoms with van der Waals surface area (Å²) in [5, 5.41) is 15.5. The number of hydrogen-bond acceptors (Lipinski definition) is 4. The smallest absolute Gasteiger partial charge is 0.281 e. The number of hydrazone groups is 1. The fourth-order valence-corrected chi connectivity index (χ4v) is 4.73. The van der Waals surface area contributed by atoms with Gasteiger partial charge in [-0.25, -0.2) is 9.82 Å². The van der Waals surface area contributed by atoms with Crippen LogP contribution in [0.1, 0.15) is 55.4 Å². The van der Waals surface area contributed by atoms with Gasteiger partial charge in [0, 0.05) is 23.8 Å². The number of nitrogens with one attached hydrogen (secondary N) is 1. The Balaban J connectivity index is 1.62. The van der Waals surface area contributed by atoms with Gasteiger partial charge in [-0.3, -0.25) is 4.79 Å². The van der Waals surface area contributed by atoms with Gasteiger partial charge in [-0.05, 0) is 55.0 Å². The number of nitrogens with zero attached hydrogens (tertiary/aromatic N) is 2. The quantitative estimate of drug-likeness (QED) is 0.420. The van der Waals surface area contributed by atoms with Crippen LogP contribution in [0.4, 0.5) is 10.1 Å². The van der Waals surface area contributed by atoms with Gasteiger partial charge in [0.1, 0.15) is 5.82 Å². The molecule has 3 aromatic carbocycles. The summed E-state index contributed by atoms with van der Waals surface area (Å²) in [5.74, 6) is -0.894. The van der Waals surface area contributed by atoms with Crippen molar-refractivity contribution >= 4 is 17.8 Å². The van der Waals surface area contributed by atoms with Crippen LogP contribution in [0.3, 0.4) is 0 Å². The highest BCUT2D eigenvalue weighted by Crippen LogP contribution is 2.43. The number of anilines is 1. The zero-order chi connectivity index (χ0) is 24.5. The molecule has 0 spiro atoms. The van der Waals surface area contributed by atoms with E-state index in [2.05, 4.69) is 36.2 Å². The molecule has 3 aromatic rings. The largest absolute Gasteiger partial charge is 0.372 e. The predicted octanol–water partition coefficient (Wildman–Crippen LogP) is 4.93. The molecular formula is C28H30FN3O2. The van der Waals surface area contributed by atoms with Crippen molar-refractivity contribution in [3.8, 4) is 0 Å². The maximum absolute atomic E-state index is 14.9. The van der Waals surface area contributed by atoms with Crippen molar-refractivity contribution in [2.24, 2.45) is 5.10 Å². The third kappa shape index (κ3) is 4.21. The number of hydrogen-bond donors (Lipinski definition) is 2. The summed E-state index contributed by atoms with van der Waals surface area (Å²) in [6, 6.07) is 20.7. The summed E-state index contributed by atoms with van der Waals surface area (Å²) in [5.41, 5.74) is 3.41. The molecule has 1 aliphatic rings. The monoisotopic (exact) mass is 459 g/mol. The number of carbonyl (C=O) groups is 1. The molecular weight excluding hydrogens is 429 g/mol. The van der Waals surface area contributed by atoms with E-state index in [4.69, 9.17) is 0 Å². The maximum atomic E-state index is 14.9. The Morgan fingerprint density at radius 2 is 1.68 bits per heavy atom. The molecule has 0 aromatic heterocycles. The molecule has 1 amide bonds. The van der Waals surface area contributed by atoms with E-state index in [1.807, 2.05) is 19.2 Å². The number of fused-ring (bicyclic) bond motifs is 1. The normalized spacial score (nSPS) is 17.5. The molecule has 1 atom stereocenters. The van der Waals surface area contributed by atoms with Crippen molar-refractivity contribution in [1.29, 1.82) is 0 Å². The third-order valence-corrected chi connectivity index (χ3v) is 6.83. The molecule has 4 rings (SSSR count). The van der Waals surface area contributed by atoms with E-state index in [1.54, 1.807) is 54.6 Å². The molecule has 0 saturated heterocycles. The van der Waals surface area contributed by atoms with Gasteiger partial charge in [0.05, 0.1) is 6.21 Å². The second-order valence-corrected chi connectivity index (χ2v) is 9.55.